The van der Waals surface area contributed by atoms with E-state index in [9.17, 15) is 14.7 Å². The largest absolute Gasteiger partial charge is 0.480 e. The SMILES string of the molecule is CCCCCCCCCCCCCCCCNc1ccc(C(=O)N2CSCC2C(=O)O)cc1. The van der Waals surface area contributed by atoms with E-state index in [4.69, 9.17) is 0 Å². The standard InChI is InChI=1S/C27H44N2O3S/c1-2-3-4-5-6-7-8-9-10-11-12-13-14-15-20-28-24-18-16-23(17-19-24)26(30)29-22-33-21-25(29)27(31)32/h16-19,25,28H,2-15,20-22H2,1H3,(H,31,32). The summed E-state index contributed by atoms with van der Waals surface area (Å²) in [7, 11) is 0. The van der Waals surface area contributed by atoms with E-state index in [0.29, 0.717) is 17.2 Å². The molecule has 1 aliphatic rings. The maximum atomic E-state index is 12.6. The summed E-state index contributed by atoms with van der Waals surface area (Å²) in [4.78, 5) is 25.4. The second-order valence-corrected chi connectivity index (χ2v) is 10.2. The van der Waals surface area contributed by atoms with Gasteiger partial charge >= 0.3 is 5.97 Å². The third-order valence-electron chi connectivity index (χ3n) is 6.42. The number of carboxylic acid groups (broad SMARTS) is 1. The van der Waals surface area contributed by atoms with Crippen LogP contribution in [0.5, 0.6) is 0 Å². The van der Waals surface area contributed by atoms with Crippen LogP contribution in [0.15, 0.2) is 24.3 Å². The van der Waals surface area contributed by atoms with E-state index in [1.165, 1.54) is 100 Å². The monoisotopic (exact) mass is 476 g/mol. The van der Waals surface area contributed by atoms with Gasteiger partial charge < -0.3 is 15.3 Å². The second kappa shape index (κ2) is 16.9. The highest BCUT2D eigenvalue weighted by Crippen LogP contribution is 2.24. The van der Waals surface area contributed by atoms with E-state index in [0.717, 1.165) is 18.7 Å². The molecule has 1 fully saturated rings. The van der Waals surface area contributed by atoms with Crippen molar-refractivity contribution >= 4 is 29.3 Å². The maximum absolute atomic E-state index is 12.6. The summed E-state index contributed by atoms with van der Waals surface area (Å²) in [5.41, 5.74) is 1.55. The summed E-state index contributed by atoms with van der Waals surface area (Å²) in [6.45, 7) is 3.21. The first kappa shape index (κ1) is 27.6. The van der Waals surface area contributed by atoms with Gasteiger partial charge in [-0.3, -0.25) is 4.79 Å². The molecular formula is C27H44N2O3S. The first-order valence-corrected chi connectivity index (χ1v) is 14.2. The summed E-state index contributed by atoms with van der Waals surface area (Å²) in [5.74, 6) is -0.236. The highest BCUT2D eigenvalue weighted by Gasteiger charge is 2.34. The van der Waals surface area contributed by atoms with Gasteiger partial charge in [0.2, 0.25) is 0 Å². The third kappa shape index (κ3) is 10.9. The van der Waals surface area contributed by atoms with Crippen molar-refractivity contribution in [1.82, 2.24) is 4.90 Å². The van der Waals surface area contributed by atoms with Crippen LogP contribution in [0, 0.1) is 0 Å². The van der Waals surface area contributed by atoms with Crippen LogP contribution in [0.25, 0.3) is 0 Å². The molecule has 0 radical (unpaired) electrons. The Morgan fingerprint density at radius 2 is 1.39 bits per heavy atom. The zero-order valence-electron chi connectivity index (χ0n) is 20.5. The zero-order chi connectivity index (χ0) is 23.7. The summed E-state index contributed by atoms with van der Waals surface area (Å²) >= 11 is 1.48. The molecule has 1 aromatic carbocycles. The molecule has 0 spiro atoms. The zero-order valence-corrected chi connectivity index (χ0v) is 21.3. The van der Waals surface area contributed by atoms with E-state index < -0.39 is 12.0 Å². The lowest BCUT2D eigenvalue weighted by Crippen LogP contribution is -2.41. The van der Waals surface area contributed by atoms with Crippen molar-refractivity contribution in [2.45, 2.75) is 103 Å². The number of anilines is 1. The topological polar surface area (TPSA) is 69.6 Å². The maximum Gasteiger partial charge on any atom is 0.327 e. The van der Waals surface area contributed by atoms with Gasteiger partial charge in [0.05, 0.1) is 5.88 Å². The van der Waals surface area contributed by atoms with E-state index >= 15 is 0 Å². The Labute approximate surface area is 205 Å². The Bertz CT molecular complexity index is 680. The number of aliphatic carboxylic acids is 1. The number of carbonyl (C=O) groups excluding carboxylic acids is 1. The van der Waals surface area contributed by atoms with Gasteiger partial charge in [-0.2, -0.15) is 0 Å². The first-order chi connectivity index (χ1) is 16.1. The summed E-state index contributed by atoms with van der Waals surface area (Å²) < 4.78 is 0. The number of nitrogens with one attached hydrogen (secondary N) is 1. The van der Waals surface area contributed by atoms with E-state index in [2.05, 4.69) is 12.2 Å². The Morgan fingerprint density at radius 3 is 1.91 bits per heavy atom. The number of thioether (sulfide) groups is 1. The van der Waals surface area contributed by atoms with Crippen molar-refractivity contribution in [2.24, 2.45) is 0 Å². The van der Waals surface area contributed by atoms with Crippen molar-refractivity contribution in [3.8, 4) is 0 Å². The number of benzene rings is 1. The van der Waals surface area contributed by atoms with Gasteiger partial charge in [-0.1, -0.05) is 90.4 Å². The third-order valence-corrected chi connectivity index (χ3v) is 7.43. The molecular weight excluding hydrogens is 432 g/mol. The minimum absolute atomic E-state index is 0.203. The Kier molecular flexibility index (Phi) is 14.1. The van der Waals surface area contributed by atoms with Crippen LogP contribution in [0.3, 0.4) is 0 Å². The molecule has 2 N–H and O–H groups in total. The lowest BCUT2D eigenvalue weighted by molar-refractivity contribution is -0.140. The smallest absolute Gasteiger partial charge is 0.327 e. The van der Waals surface area contributed by atoms with Crippen LogP contribution >= 0.6 is 11.8 Å². The minimum atomic E-state index is -0.931. The number of rotatable bonds is 18. The highest BCUT2D eigenvalue weighted by atomic mass is 32.2. The van der Waals surface area contributed by atoms with Crippen LogP contribution in [0.4, 0.5) is 5.69 Å². The van der Waals surface area contributed by atoms with Crippen molar-refractivity contribution < 1.29 is 14.7 Å². The number of nitrogens with zero attached hydrogens (tertiary/aromatic N) is 1. The summed E-state index contributed by atoms with van der Waals surface area (Å²) in [6.07, 6.45) is 19.1. The molecule has 1 aromatic rings. The molecule has 6 heteroatoms. The quantitative estimate of drug-likeness (QED) is 0.220. The number of carboxylic acids is 1. The van der Waals surface area contributed by atoms with Gasteiger partial charge in [0.1, 0.15) is 6.04 Å². The molecule has 0 aliphatic carbocycles. The number of hydrogen-bond acceptors (Lipinski definition) is 4. The summed E-state index contributed by atoms with van der Waals surface area (Å²) in [6, 6.07) is 6.68. The first-order valence-electron chi connectivity index (χ1n) is 13.1. The number of unbranched alkanes of at least 4 members (excludes halogenated alkanes) is 13. The highest BCUT2D eigenvalue weighted by molar-refractivity contribution is 7.99. The second-order valence-electron chi connectivity index (χ2n) is 9.23. The van der Waals surface area contributed by atoms with E-state index in [1.807, 2.05) is 12.1 Å². The normalized spacial score (nSPS) is 15.7. The number of amides is 1. The molecule has 2 rings (SSSR count). The molecule has 0 bridgehead atoms. The van der Waals surface area contributed by atoms with Crippen LogP contribution in [0.2, 0.25) is 0 Å². The lowest BCUT2D eigenvalue weighted by Gasteiger charge is -2.20. The molecule has 1 unspecified atom stereocenters. The predicted molar refractivity (Wildman–Crippen MR) is 140 cm³/mol. The minimum Gasteiger partial charge on any atom is -0.480 e. The molecule has 0 saturated carbocycles. The average molecular weight is 477 g/mol. The Balaban J connectivity index is 1.47. The van der Waals surface area contributed by atoms with E-state index in [1.54, 1.807) is 12.1 Å². The molecule has 0 aromatic heterocycles. The van der Waals surface area contributed by atoms with Crippen LogP contribution in [-0.2, 0) is 4.79 Å². The fourth-order valence-corrected chi connectivity index (χ4v) is 5.44. The number of hydrogen-bond donors (Lipinski definition) is 2. The van der Waals surface area contributed by atoms with E-state index in [-0.39, 0.29) is 5.91 Å². The van der Waals surface area contributed by atoms with Crippen molar-refractivity contribution in [3.05, 3.63) is 29.8 Å². The predicted octanol–water partition coefficient (Wildman–Crippen LogP) is 7.18. The molecule has 33 heavy (non-hydrogen) atoms. The van der Waals surface area contributed by atoms with Crippen LogP contribution in [-0.4, -0.2) is 46.1 Å². The van der Waals surface area contributed by atoms with Gasteiger partial charge in [0, 0.05) is 23.5 Å². The Morgan fingerprint density at radius 1 is 0.879 bits per heavy atom. The molecule has 5 nitrogen and oxygen atoms in total. The van der Waals surface area contributed by atoms with Gasteiger partial charge in [-0.15, -0.1) is 11.8 Å². The lowest BCUT2D eigenvalue weighted by atomic mass is 10.0. The van der Waals surface area contributed by atoms with Gasteiger partial charge in [-0.05, 0) is 30.7 Å². The fourth-order valence-electron chi connectivity index (χ4n) is 4.30. The molecule has 186 valence electrons. The molecule has 1 amide bonds. The van der Waals surface area contributed by atoms with Crippen LogP contribution in [0.1, 0.15) is 107 Å². The van der Waals surface area contributed by atoms with Crippen LogP contribution < -0.4 is 5.32 Å². The van der Waals surface area contributed by atoms with Gasteiger partial charge in [0.15, 0.2) is 0 Å². The Hall–Kier alpha value is -1.69. The molecule has 1 aliphatic heterocycles. The molecule has 1 heterocycles. The van der Waals surface area contributed by atoms with Gasteiger partial charge in [-0.25, -0.2) is 4.79 Å². The number of carbonyl (C=O) groups is 2. The van der Waals surface area contributed by atoms with Crippen molar-refractivity contribution in [3.63, 3.8) is 0 Å². The summed E-state index contributed by atoms with van der Waals surface area (Å²) in [5, 5.41) is 12.7. The average Bonchev–Trinajstić information content (AvgIpc) is 3.32. The van der Waals surface area contributed by atoms with Crippen molar-refractivity contribution in [1.29, 1.82) is 0 Å². The molecule has 1 saturated heterocycles. The molecule has 1 atom stereocenters. The van der Waals surface area contributed by atoms with Gasteiger partial charge in [0.25, 0.3) is 5.91 Å². The fraction of sp³-hybridized carbons (Fsp3) is 0.704. The van der Waals surface area contributed by atoms with Crippen molar-refractivity contribution in [2.75, 3.05) is 23.5 Å².